The summed E-state index contributed by atoms with van der Waals surface area (Å²) in [6.07, 6.45) is 1.80. The largest absolute Gasteiger partial charge is 0.399 e. The molecule has 0 saturated carbocycles. The number of sulfonamides is 1. The molecule has 2 rings (SSSR count). The summed E-state index contributed by atoms with van der Waals surface area (Å²) >= 11 is 6.48. The molecule has 1 unspecified atom stereocenters. The Bertz CT molecular complexity index is 590. The number of nitrogens with two attached hydrogens (primary N) is 1. The van der Waals surface area contributed by atoms with E-state index in [9.17, 15) is 8.42 Å². The lowest BCUT2D eigenvalue weighted by Crippen LogP contribution is -2.40. The summed E-state index contributed by atoms with van der Waals surface area (Å²) in [7, 11) is -3.64. The van der Waals surface area contributed by atoms with Crippen molar-refractivity contribution >= 4 is 47.6 Å². The van der Waals surface area contributed by atoms with Crippen molar-refractivity contribution in [2.45, 2.75) is 30.3 Å². The van der Waals surface area contributed by atoms with Crippen LogP contribution in [-0.2, 0) is 14.8 Å². The Hall–Kier alpha value is -0.150. The monoisotopic (exact) mass is 426 g/mol. The van der Waals surface area contributed by atoms with E-state index in [1.165, 1.54) is 0 Å². The first-order valence-electron chi connectivity index (χ1n) is 6.12. The number of rotatable bonds is 4. The number of nitrogens with one attached hydrogen (secondary N) is 1. The molecule has 0 radical (unpaired) electrons. The van der Waals surface area contributed by atoms with Crippen LogP contribution in [0.2, 0.25) is 0 Å². The average molecular weight is 428 g/mol. The van der Waals surface area contributed by atoms with Gasteiger partial charge < -0.3 is 10.5 Å². The summed E-state index contributed by atoms with van der Waals surface area (Å²) in [5.41, 5.74) is 5.72. The summed E-state index contributed by atoms with van der Waals surface area (Å²) in [5, 5.41) is 0. The van der Waals surface area contributed by atoms with Crippen LogP contribution in [0.25, 0.3) is 0 Å². The highest BCUT2D eigenvalue weighted by Gasteiger charge is 2.32. The maximum atomic E-state index is 12.4. The van der Waals surface area contributed by atoms with Gasteiger partial charge in [0.2, 0.25) is 10.0 Å². The van der Waals surface area contributed by atoms with Crippen LogP contribution in [0.15, 0.2) is 26.0 Å². The molecular formula is C12H16Br2N2O3S. The molecule has 0 aliphatic carbocycles. The molecule has 1 fully saturated rings. The topological polar surface area (TPSA) is 81.4 Å². The van der Waals surface area contributed by atoms with Crippen molar-refractivity contribution in [1.82, 2.24) is 4.72 Å². The number of anilines is 1. The first-order valence-corrected chi connectivity index (χ1v) is 9.19. The Morgan fingerprint density at radius 1 is 1.40 bits per heavy atom. The third-order valence-electron chi connectivity index (χ3n) is 3.23. The van der Waals surface area contributed by atoms with Gasteiger partial charge in [0, 0.05) is 27.8 Å². The minimum absolute atomic E-state index is 0.147. The van der Waals surface area contributed by atoms with Gasteiger partial charge >= 0.3 is 0 Å². The van der Waals surface area contributed by atoms with Crippen molar-refractivity contribution in [1.29, 1.82) is 0 Å². The van der Waals surface area contributed by atoms with E-state index < -0.39 is 15.6 Å². The van der Waals surface area contributed by atoms with E-state index in [1.807, 2.05) is 6.92 Å². The van der Waals surface area contributed by atoms with Crippen molar-refractivity contribution in [3.8, 4) is 0 Å². The second kappa shape index (κ2) is 5.92. The van der Waals surface area contributed by atoms with E-state index in [2.05, 4.69) is 36.6 Å². The Morgan fingerprint density at radius 3 is 2.50 bits per heavy atom. The van der Waals surface area contributed by atoms with Crippen LogP contribution in [0.5, 0.6) is 0 Å². The molecule has 5 nitrogen and oxygen atoms in total. The zero-order chi connectivity index (χ0) is 15.0. The molecule has 1 aliphatic heterocycles. The normalized spacial score (nSPS) is 23.1. The third kappa shape index (κ3) is 3.54. The van der Waals surface area contributed by atoms with Crippen molar-refractivity contribution in [3.63, 3.8) is 0 Å². The lowest BCUT2D eigenvalue weighted by molar-refractivity contribution is 0.0250. The van der Waals surface area contributed by atoms with Gasteiger partial charge in [-0.15, -0.1) is 0 Å². The molecule has 1 aliphatic rings. The van der Waals surface area contributed by atoms with Crippen LogP contribution < -0.4 is 10.5 Å². The highest BCUT2D eigenvalue weighted by molar-refractivity contribution is 9.11. The van der Waals surface area contributed by atoms with Crippen molar-refractivity contribution in [2.75, 3.05) is 18.9 Å². The van der Waals surface area contributed by atoms with Gasteiger partial charge in [-0.1, -0.05) is 0 Å². The van der Waals surface area contributed by atoms with Crippen molar-refractivity contribution in [2.24, 2.45) is 0 Å². The molecule has 0 bridgehead atoms. The maximum Gasteiger partial charge on any atom is 0.242 e. The zero-order valence-electron chi connectivity index (χ0n) is 10.9. The van der Waals surface area contributed by atoms with Crippen LogP contribution >= 0.6 is 31.9 Å². The first-order chi connectivity index (χ1) is 9.23. The van der Waals surface area contributed by atoms with Gasteiger partial charge in [0.15, 0.2) is 0 Å². The fourth-order valence-electron chi connectivity index (χ4n) is 2.13. The summed E-state index contributed by atoms with van der Waals surface area (Å²) in [6, 6.07) is 3.13. The minimum atomic E-state index is -3.64. The Kier molecular flexibility index (Phi) is 4.80. The number of hydrogen-bond acceptors (Lipinski definition) is 4. The maximum absolute atomic E-state index is 12.4. The van der Waals surface area contributed by atoms with E-state index in [0.29, 0.717) is 21.2 Å². The van der Waals surface area contributed by atoms with E-state index >= 15 is 0 Å². The van der Waals surface area contributed by atoms with Gasteiger partial charge in [0.05, 0.1) is 5.60 Å². The predicted octanol–water partition coefficient (Wildman–Crippen LogP) is 2.64. The molecule has 20 heavy (non-hydrogen) atoms. The van der Waals surface area contributed by atoms with E-state index in [0.717, 1.165) is 12.8 Å². The standard InChI is InChI=1S/C12H16Br2N2O3S/c1-12(3-2-4-19-12)7-16-20(17,18)11-9(13)5-8(15)6-10(11)14/h5-6,16H,2-4,7,15H2,1H3. The lowest BCUT2D eigenvalue weighted by atomic mass is 10.0. The Labute approximate surface area is 135 Å². The second-order valence-electron chi connectivity index (χ2n) is 5.04. The SMILES string of the molecule is CC1(CNS(=O)(=O)c2c(Br)cc(N)cc2Br)CCCO1. The van der Waals surface area contributed by atoms with Crippen molar-refractivity contribution < 1.29 is 13.2 Å². The van der Waals surface area contributed by atoms with E-state index in [4.69, 9.17) is 10.5 Å². The molecule has 1 atom stereocenters. The Morgan fingerprint density at radius 2 is 2.00 bits per heavy atom. The molecule has 8 heteroatoms. The number of nitrogen functional groups attached to an aromatic ring is 1. The second-order valence-corrected chi connectivity index (χ2v) is 8.45. The molecule has 1 heterocycles. The number of ether oxygens (including phenoxy) is 1. The van der Waals surface area contributed by atoms with Crippen LogP contribution in [0.1, 0.15) is 19.8 Å². The number of hydrogen-bond donors (Lipinski definition) is 2. The van der Waals surface area contributed by atoms with Crippen LogP contribution in [0, 0.1) is 0 Å². The summed E-state index contributed by atoms with van der Waals surface area (Å²) in [5.74, 6) is 0. The van der Waals surface area contributed by atoms with Crippen molar-refractivity contribution in [3.05, 3.63) is 21.1 Å². The van der Waals surface area contributed by atoms with E-state index in [-0.39, 0.29) is 11.4 Å². The van der Waals surface area contributed by atoms with Gasteiger partial charge in [-0.25, -0.2) is 13.1 Å². The van der Waals surface area contributed by atoms with Gasteiger partial charge in [-0.3, -0.25) is 0 Å². The van der Waals surface area contributed by atoms with Gasteiger partial charge in [-0.2, -0.15) is 0 Å². The summed E-state index contributed by atoms with van der Waals surface area (Å²) < 4.78 is 33.9. The molecule has 0 spiro atoms. The quantitative estimate of drug-likeness (QED) is 0.723. The summed E-state index contributed by atoms with van der Waals surface area (Å²) in [4.78, 5) is 0.147. The molecule has 3 N–H and O–H groups in total. The highest BCUT2D eigenvalue weighted by atomic mass is 79.9. The zero-order valence-corrected chi connectivity index (χ0v) is 14.9. The van der Waals surface area contributed by atoms with Crippen LogP contribution in [-0.4, -0.2) is 27.2 Å². The van der Waals surface area contributed by atoms with Crippen LogP contribution in [0.3, 0.4) is 0 Å². The first kappa shape index (κ1) is 16.2. The molecule has 1 saturated heterocycles. The number of halogens is 2. The molecule has 112 valence electrons. The number of benzene rings is 1. The highest BCUT2D eigenvalue weighted by Crippen LogP contribution is 2.33. The predicted molar refractivity (Wildman–Crippen MR) is 85.0 cm³/mol. The molecular weight excluding hydrogens is 412 g/mol. The fourth-order valence-corrected chi connectivity index (χ4v) is 5.90. The molecule has 1 aromatic rings. The third-order valence-corrected chi connectivity index (χ3v) is 6.50. The summed E-state index contributed by atoms with van der Waals surface area (Å²) in [6.45, 7) is 2.83. The van der Waals surface area contributed by atoms with Crippen LogP contribution in [0.4, 0.5) is 5.69 Å². The minimum Gasteiger partial charge on any atom is -0.399 e. The average Bonchev–Trinajstić information content (AvgIpc) is 2.73. The van der Waals surface area contributed by atoms with Gasteiger partial charge in [0.1, 0.15) is 4.90 Å². The lowest BCUT2D eigenvalue weighted by Gasteiger charge is -2.23. The molecule has 0 amide bonds. The Balaban J connectivity index is 2.23. The molecule has 0 aromatic heterocycles. The van der Waals surface area contributed by atoms with Gasteiger partial charge in [0.25, 0.3) is 0 Å². The fraction of sp³-hybridized carbons (Fsp3) is 0.500. The molecule has 1 aromatic carbocycles. The van der Waals surface area contributed by atoms with Gasteiger partial charge in [-0.05, 0) is 63.8 Å². The smallest absolute Gasteiger partial charge is 0.242 e. The van der Waals surface area contributed by atoms with E-state index in [1.54, 1.807) is 12.1 Å².